The van der Waals surface area contributed by atoms with Crippen molar-refractivity contribution in [1.29, 1.82) is 0 Å². The average Bonchev–Trinajstić information content (AvgIpc) is 4.13. The summed E-state index contributed by atoms with van der Waals surface area (Å²) >= 11 is 3.50. The average molecular weight is 997 g/mol. The number of rotatable bonds is 6. The second-order valence-electron chi connectivity index (χ2n) is 17.2. The third-order valence-electron chi connectivity index (χ3n) is 12.5. The molecule has 14 rings (SSSR count). The highest BCUT2D eigenvalue weighted by Gasteiger charge is 2.17. The summed E-state index contributed by atoms with van der Waals surface area (Å²) in [6.45, 7) is 0. The SMILES string of the molecule is Brc1cccc(-c2cc3c(cn2)oc2ccccc23)c1.Nc1ccccc1.c1ccc(N(c2cccc(-c3cc4c(cn3)oc3ccccc34)c2)c2cccc(-c3cc4c(cn3)oc3ccccc34)c2)cc1. The molecule has 0 atom stereocenters. The molecule has 14 aromatic rings. The van der Waals surface area contributed by atoms with Crippen molar-refractivity contribution in [3.8, 4) is 33.8 Å². The molecule has 0 aliphatic carbocycles. The molecule has 72 heavy (non-hydrogen) atoms. The summed E-state index contributed by atoms with van der Waals surface area (Å²) < 4.78 is 18.9. The predicted molar refractivity (Wildman–Crippen MR) is 298 cm³/mol. The Kier molecular flexibility index (Phi) is 11.7. The summed E-state index contributed by atoms with van der Waals surface area (Å²) in [5.74, 6) is 0. The van der Waals surface area contributed by atoms with Gasteiger partial charge in [-0.3, -0.25) is 15.0 Å². The largest absolute Gasteiger partial charge is 0.454 e. The maximum atomic E-state index is 6.03. The van der Waals surface area contributed by atoms with Crippen LogP contribution in [0.5, 0.6) is 0 Å². The van der Waals surface area contributed by atoms with Crippen LogP contribution >= 0.6 is 15.9 Å². The van der Waals surface area contributed by atoms with Crippen LogP contribution in [0.15, 0.2) is 261 Å². The molecule has 0 bridgehead atoms. The van der Waals surface area contributed by atoms with Gasteiger partial charge < -0.3 is 23.9 Å². The van der Waals surface area contributed by atoms with Gasteiger partial charge in [0, 0.05) is 76.2 Å². The van der Waals surface area contributed by atoms with Crippen LogP contribution in [-0.2, 0) is 0 Å². The van der Waals surface area contributed by atoms with Crippen LogP contribution in [0.1, 0.15) is 0 Å². The summed E-state index contributed by atoms with van der Waals surface area (Å²) in [5.41, 5.74) is 20.2. The third kappa shape index (κ3) is 8.81. The Morgan fingerprint density at radius 3 is 1.08 bits per heavy atom. The van der Waals surface area contributed by atoms with E-state index in [2.05, 4.69) is 147 Å². The van der Waals surface area contributed by atoms with E-state index in [1.54, 1.807) is 6.20 Å². The van der Waals surface area contributed by atoms with E-state index < -0.39 is 0 Å². The van der Waals surface area contributed by atoms with Crippen molar-refractivity contribution in [2.24, 2.45) is 0 Å². The van der Waals surface area contributed by atoms with Gasteiger partial charge in [-0.1, -0.05) is 143 Å². The summed E-state index contributed by atoms with van der Waals surface area (Å²) in [7, 11) is 0. The number of benzene rings is 8. The Morgan fingerprint density at radius 2 is 0.681 bits per heavy atom. The highest BCUT2D eigenvalue weighted by molar-refractivity contribution is 9.10. The van der Waals surface area contributed by atoms with Gasteiger partial charge in [0.05, 0.1) is 35.7 Å². The second kappa shape index (κ2) is 19.2. The van der Waals surface area contributed by atoms with Crippen molar-refractivity contribution >= 4 is 104 Å². The number of aromatic nitrogens is 3. The Labute approximate surface area is 422 Å². The maximum Gasteiger partial charge on any atom is 0.153 e. The van der Waals surface area contributed by atoms with E-state index in [0.717, 1.165) is 127 Å². The number of para-hydroxylation sites is 5. The van der Waals surface area contributed by atoms with Gasteiger partial charge in [-0.05, 0) is 97.1 Å². The molecule has 0 amide bonds. The Bertz CT molecular complexity index is 4070. The fourth-order valence-corrected chi connectivity index (χ4v) is 9.50. The van der Waals surface area contributed by atoms with Crippen molar-refractivity contribution in [3.63, 3.8) is 0 Å². The second-order valence-corrected chi connectivity index (χ2v) is 18.1. The van der Waals surface area contributed by atoms with E-state index in [-0.39, 0.29) is 0 Å². The molecule has 6 heterocycles. The van der Waals surface area contributed by atoms with E-state index in [1.807, 2.05) is 116 Å². The first-order valence-corrected chi connectivity index (χ1v) is 24.2. The van der Waals surface area contributed by atoms with Crippen molar-refractivity contribution in [3.05, 3.63) is 248 Å². The zero-order valence-corrected chi connectivity index (χ0v) is 40.1. The van der Waals surface area contributed by atoms with Gasteiger partial charge in [-0.15, -0.1) is 0 Å². The summed E-state index contributed by atoms with van der Waals surface area (Å²) in [6.07, 6.45) is 5.44. The first-order chi connectivity index (χ1) is 35.5. The van der Waals surface area contributed by atoms with Gasteiger partial charge in [0.1, 0.15) is 16.7 Å². The van der Waals surface area contributed by atoms with Gasteiger partial charge in [-0.2, -0.15) is 0 Å². The lowest BCUT2D eigenvalue weighted by atomic mass is 10.0. The quantitative estimate of drug-likeness (QED) is 0.164. The molecule has 0 unspecified atom stereocenters. The number of hydrogen-bond acceptors (Lipinski definition) is 8. The van der Waals surface area contributed by atoms with Gasteiger partial charge in [-0.25, -0.2) is 0 Å². The standard InChI is InChI=1S/C40H25N3O2.C17H10BrNO.C6H7N/c1-2-12-28(13-3-1)43(29-14-8-10-26(20-29)35-22-33-31-16-4-6-18-37(31)44-39(33)24-41-35)30-15-9-11-27(21-30)36-23-34-32-17-5-7-19-38(32)45-40(34)25-42-36;18-12-5-3-4-11(8-12)15-9-14-13-6-1-2-7-16(13)20-17(14)10-19-15;7-6-4-2-1-3-5-6/h1-25H;1-10H;1-5H,7H2. The molecule has 0 aliphatic heterocycles. The summed E-state index contributed by atoms with van der Waals surface area (Å²) in [6, 6.07) is 75.7. The highest BCUT2D eigenvalue weighted by Crippen LogP contribution is 2.40. The van der Waals surface area contributed by atoms with Gasteiger partial charge >= 0.3 is 0 Å². The summed E-state index contributed by atoms with van der Waals surface area (Å²) in [4.78, 5) is 16.3. The van der Waals surface area contributed by atoms with E-state index in [0.29, 0.717) is 0 Å². The molecule has 6 aromatic heterocycles. The van der Waals surface area contributed by atoms with Crippen LogP contribution in [0, 0.1) is 0 Å². The van der Waals surface area contributed by atoms with Crippen LogP contribution in [0.25, 0.3) is 99.6 Å². The lowest BCUT2D eigenvalue weighted by Crippen LogP contribution is -2.10. The number of anilines is 4. The number of hydrogen-bond donors (Lipinski definition) is 1. The van der Waals surface area contributed by atoms with Crippen molar-refractivity contribution < 1.29 is 13.3 Å². The molecule has 0 aliphatic rings. The van der Waals surface area contributed by atoms with Crippen LogP contribution in [0.4, 0.5) is 22.7 Å². The first kappa shape index (κ1) is 43.9. The third-order valence-corrected chi connectivity index (χ3v) is 13.0. The van der Waals surface area contributed by atoms with Crippen LogP contribution in [-0.4, -0.2) is 15.0 Å². The normalized spacial score (nSPS) is 11.2. The van der Waals surface area contributed by atoms with Gasteiger partial charge in [0.2, 0.25) is 0 Å². The number of halogens is 1. The molecule has 0 fully saturated rings. The molecule has 0 spiro atoms. The molecule has 0 saturated carbocycles. The molecular weight excluding hydrogens is 955 g/mol. The molecule has 0 saturated heterocycles. The summed E-state index contributed by atoms with van der Waals surface area (Å²) in [5, 5.41) is 6.52. The highest BCUT2D eigenvalue weighted by atomic mass is 79.9. The fraction of sp³-hybridized carbons (Fsp3) is 0. The number of furan rings is 3. The Balaban J connectivity index is 0.000000160. The molecule has 8 nitrogen and oxygen atoms in total. The van der Waals surface area contributed by atoms with Crippen molar-refractivity contribution in [2.45, 2.75) is 0 Å². The molecule has 9 heteroatoms. The van der Waals surface area contributed by atoms with E-state index in [9.17, 15) is 0 Å². The lowest BCUT2D eigenvalue weighted by Gasteiger charge is -2.26. The van der Waals surface area contributed by atoms with E-state index in [4.69, 9.17) is 29.0 Å². The fourth-order valence-electron chi connectivity index (χ4n) is 9.10. The zero-order valence-electron chi connectivity index (χ0n) is 38.6. The zero-order chi connectivity index (χ0) is 48.4. The van der Waals surface area contributed by atoms with Crippen LogP contribution in [0.2, 0.25) is 0 Å². The Hall–Kier alpha value is -9.31. The van der Waals surface area contributed by atoms with Gasteiger partial charge in [0.15, 0.2) is 16.7 Å². The molecule has 344 valence electrons. The number of nitrogens with two attached hydrogens (primary N) is 1. The molecule has 2 N–H and O–H groups in total. The lowest BCUT2D eigenvalue weighted by molar-refractivity contribution is 0.666. The monoisotopic (exact) mass is 995 g/mol. The number of nitrogen functional groups attached to an aromatic ring is 1. The minimum absolute atomic E-state index is 0.786. The maximum absolute atomic E-state index is 6.03. The van der Waals surface area contributed by atoms with Crippen LogP contribution < -0.4 is 10.6 Å². The van der Waals surface area contributed by atoms with Crippen LogP contribution in [0.3, 0.4) is 0 Å². The van der Waals surface area contributed by atoms with E-state index in [1.165, 1.54) is 0 Å². The topological polar surface area (TPSA) is 107 Å². The smallest absolute Gasteiger partial charge is 0.153 e. The van der Waals surface area contributed by atoms with Gasteiger partial charge in [0.25, 0.3) is 0 Å². The Morgan fingerprint density at radius 1 is 0.319 bits per heavy atom. The molecular formula is C63H42BrN5O3. The first-order valence-electron chi connectivity index (χ1n) is 23.4. The van der Waals surface area contributed by atoms with Crippen molar-refractivity contribution in [1.82, 2.24) is 15.0 Å². The van der Waals surface area contributed by atoms with Crippen molar-refractivity contribution in [2.75, 3.05) is 10.6 Å². The minimum Gasteiger partial charge on any atom is -0.454 e. The minimum atomic E-state index is 0.786. The number of nitrogens with zero attached hydrogens (tertiary/aromatic N) is 4. The molecule has 0 radical (unpaired) electrons. The predicted octanol–water partition coefficient (Wildman–Crippen LogP) is 17.8. The number of pyridine rings is 3. The van der Waals surface area contributed by atoms with E-state index >= 15 is 0 Å². The molecule has 8 aromatic carbocycles. The number of fused-ring (bicyclic) bond motifs is 9.